The second-order valence-electron chi connectivity index (χ2n) is 2.15. The van der Waals surface area contributed by atoms with Crippen molar-refractivity contribution in [3.8, 4) is 0 Å². The molecule has 0 spiro atoms. The van der Waals surface area contributed by atoms with Gasteiger partial charge in [-0.25, -0.2) is 0 Å². The van der Waals surface area contributed by atoms with Gasteiger partial charge in [0.05, 0.1) is 12.4 Å². The van der Waals surface area contributed by atoms with Crippen molar-refractivity contribution in [2.45, 2.75) is 25.7 Å². The average molecular weight is 144 g/mol. The first-order valence-electron chi connectivity index (χ1n) is 3.44. The van der Waals surface area contributed by atoms with E-state index in [0.717, 1.165) is 0 Å². The second-order valence-corrected chi connectivity index (χ2v) is 2.15. The van der Waals surface area contributed by atoms with E-state index in [1.165, 1.54) is 6.26 Å². The molecule has 0 radical (unpaired) electrons. The number of hydrogen-bond acceptors (Lipinski definition) is 3. The highest BCUT2D eigenvalue weighted by Crippen LogP contribution is 2.11. The molecule has 1 aliphatic heterocycles. The Balaban J connectivity index is 2.29. The molecule has 3 nitrogen and oxygen atoms in total. The fourth-order valence-electron chi connectivity index (χ4n) is 0.848. The van der Waals surface area contributed by atoms with Gasteiger partial charge in [-0.1, -0.05) is 0 Å². The maximum absolute atomic E-state index is 9.06. The van der Waals surface area contributed by atoms with Gasteiger partial charge in [-0.05, 0) is 13.0 Å². The molecule has 0 saturated heterocycles. The summed E-state index contributed by atoms with van der Waals surface area (Å²) in [5.74, 6) is 0. The summed E-state index contributed by atoms with van der Waals surface area (Å²) < 4.78 is 10.1. The molecule has 0 saturated carbocycles. The minimum absolute atomic E-state index is 0.259. The van der Waals surface area contributed by atoms with Crippen LogP contribution < -0.4 is 0 Å². The Morgan fingerprint density at radius 3 is 3.20 bits per heavy atom. The summed E-state index contributed by atoms with van der Waals surface area (Å²) in [7, 11) is 0. The molecule has 1 aliphatic rings. The van der Waals surface area contributed by atoms with Crippen LogP contribution in [0, 0.1) is 0 Å². The molecule has 58 valence electrons. The lowest BCUT2D eigenvalue weighted by Crippen LogP contribution is -2.24. The highest BCUT2D eigenvalue weighted by atomic mass is 16.7. The summed E-state index contributed by atoms with van der Waals surface area (Å²) >= 11 is 0. The first-order chi connectivity index (χ1) is 4.83. The van der Waals surface area contributed by atoms with E-state index >= 15 is 0 Å². The quantitative estimate of drug-likeness (QED) is 0.618. The van der Waals surface area contributed by atoms with Gasteiger partial charge in [0.15, 0.2) is 0 Å². The fourth-order valence-corrected chi connectivity index (χ4v) is 0.848. The first-order valence-corrected chi connectivity index (χ1v) is 3.44. The Hall–Kier alpha value is -0.540. The molecule has 1 heterocycles. The SMILES string of the molecule is CCOC1CC(O)C=CO1. The van der Waals surface area contributed by atoms with Crippen molar-refractivity contribution >= 4 is 0 Å². The molecular weight excluding hydrogens is 132 g/mol. The van der Waals surface area contributed by atoms with Crippen molar-refractivity contribution < 1.29 is 14.6 Å². The van der Waals surface area contributed by atoms with Gasteiger partial charge in [0, 0.05) is 13.0 Å². The predicted molar refractivity (Wildman–Crippen MR) is 36.3 cm³/mol. The van der Waals surface area contributed by atoms with Crippen LogP contribution in [0.5, 0.6) is 0 Å². The van der Waals surface area contributed by atoms with Crippen molar-refractivity contribution in [1.82, 2.24) is 0 Å². The lowest BCUT2D eigenvalue weighted by atomic mass is 10.2. The van der Waals surface area contributed by atoms with Gasteiger partial charge in [0.2, 0.25) is 6.29 Å². The molecule has 10 heavy (non-hydrogen) atoms. The van der Waals surface area contributed by atoms with Gasteiger partial charge >= 0.3 is 0 Å². The van der Waals surface area contributed by atoms with Crippen molar-refractivity contribution in [3.05, 3.63) is 12.3 Å². The molecule has 0 bridgehead atoms. The van der Waals surface area contributed by atoms with E-state index in [2.05, 4.69) is 0 Å². The van der Waals surface area contributed by atoms with Crippen molar-refractivity contribution in [1.29, 1.82) is 0 Å². The van der Waals surface area contributed by atoms with Crippen molar-refractivity contribution in [2.24, 2.45) is 0 Å². The van der Waals surface area contributed by atoms with Gasteiger partial charge in [-0.3, -0.25) is 0 Å². The zero-order valence-corrected chi connectivity index (χ0v) is 5.99. The zero-order valence-electron chi connectivity index (χ0n) is 5.99. The Kier molecular flexibility index (Phi) is 2.71. The molecule has 0 aliphatic carbocycles. The van der Waals surface area contributed by atoms with E-state index < -0.39 is 6.10 Å². The van der Waals surface area contributed by atoms with Crippen LogP contribution in [-0.2, 0) is 9.47 Å². The van der Waals surface area contributed by atoms with E-state index in [1.54, 1.807) is 6.08 Å². The summed E-state index contributed by atoms with van der Waals surface area (Å²) in [4.78, 5) is 0. The monoisotopic (exact) mass is 144 g/mol. The molecule has 1 N–H and O–H groups in total. The van der Waals surface area contributed by atoms with Crippen molar-refractivity contribution in [2.75, 3.05) is 6.61 Å². The van der Waals surface area contributed by atoms with Crippen LogP contribution in [0.25, 0.3) is 0 Å². The van der Waals surface area contributed by atoms with E-state index in [1.807, 2.05) is 6.92 Å². The third kappa shape index (κ3) is 2.01. The van der Waals surface area contributed by atoms with Crippen LogP contribution >= 0.6 is 0 Å². The highest BCUT2D eigenvalue weighted by molar-refractivity contribution is 4.87. The molecule has 0 fully saturated rings. The molecule has 0 aromatic carbocycles. The van der Waals surface area contributed by atoms with E-state index in [4.69, 9.17) is 14.6 Å². The zero-order chi connectivity index (χ0) is 7.40. The molecule has 2 unspecified atom stereocenters. The Morgan fingerprint density at radius 2 is 2.60 bits per heavy atom. The van der Waals surface area contributed by atoms with Gasteiger partial charge in [0.1, 0.15) is 0 Å². The standard InChI is InChI=1S/C7H12O3/c1-2-9-7-5-6(8)3-4-10-7/h3-4,6-8H,2,5H2,1H3. The third-order valence-electron chi connectivity index (χ3n) is 1.32. The Bertz CT molecular complexity index is 122. The summed E-state index contributed by atoms with van der Waals surface area (Å²) in [5, 5.41) is 9.06. The third-order valence-corrected chi connectivity index (χ3v) is 1.32. The first kappa shape index (κ1) is 7.57. The number of hydrogen-bond donors (Lipinski definition) is 1. The molecule has 2 atom stereocenters. The van der Waals surface area contributed by atoms with Crippen molar-refractivity contribution in [3.63, 3.8) is 0 Å². The molecule has 0 amide bonds. The van der Waals surface area contributed by atoms with E-state index in [0.29, 0.717) is 13.0 Å². The van der Waals surface area contributed by atoms with Crippen LogP contribution in [0.3, 0.4) is 0 Å². The normalized spacial score (nSPS) is 31.8. The highest BCUT2D eigenvalue weighted by Gasteiger charge is 2.16. The number of ether oxygens (including phenoxy) is 2. The molecule has 3 heteroatoms. The van der Waals surface area contributed by atoms with Crippen LogP contribution in [0.2, 0.25) is 0 Å². The fraction of sp³-hybridized carbons (Fsp3) is 0.714. The number of rotatable bonds is 2. The molecular formula is C7H12O3. The largest absolute Gasteiger partial charge is 0.473 e. The topological polar surface area (TPSA) is 38.7 Å². The van der Waals surface area contributed by atoms with Crippen LogP contribution in [0.1, 0.15) is 13.3 Å². The average Bonchev–Trinajstić information content (AvgIpc) is 1.88. The summed E-state index contributed by atoms with van der Waals surface area (Å²) in [6.07, 6.45) is 2.95. The van der Waals surface area contributed by atoms with E-state index in [9.17, 15) is 0 Å². The van der Waals surface area contributed by atoms with E-state index in [-0.39, 0.29) is 6.29 Å². The van der Waals surface area contributed by atoms with Gasteiger partial charge in [-0.2, -0.15) is 0 Å². The van der Waals surface area contributed by atoms with Gasteiger partial charge < -0.3 is 14.6 Å². The second kappa shape index (κ2) is 3.58. The lowest BCUT2D eigenvalue weighted by molar-refractivity contribution is -0.126. The molecule has 1 rings (SSSR count). The number of aliphatic hydroxyl groups excluding tert-OH is 1. The molecule has 0 aromatic heterocycles. The smallest absolute Gasteiger partial charge is 0.201 e. The minimum Gasteiger partial charge on any atom is -0.473 e. The lowest BCUT2D eigenvalue weighted by Gasteiger charge is -2.21. The van der Waals surface area contributed by atoms with Crippen LogP contribution in [-0.4, -0.2) is 24.1 Å². The Labute approximate surface area is 60.3 Å². The number of aliphatic hydroxyl groups is 1. The predicted octanol–water partition coefficient (Wildman–Crippen LogP) is 0.644. The summed E-state index contributed by atoms with van der Waals surface area (Å²) in [6.45, 7) is 2.51. The minimum atomic E-state index is -0.412. The Morgan fingerprint density at radius 1 is 1.80 bits per heavy atom. The summed E-state index contributed by atoms with van der Waals surface area (Å²) in [5.41, 5.74) is 0. The van der Waals surface area contributed by atoms with Gasteiger partial charge in [0.25, 0.3) is 0 Å². The van der Waals surface area contributed by atoms with Crippen LogP contribution in [0.15, 0.2) is 12.3 Å². The van der Waals surface area contributed by atoms with Crippen LogP contribution in [0.4, 0.5) is 0 Å². The maximum Gasteiger partial charge on any atom is 0.201 e. The molecule has 0 aromatic rings. The summed E-state index contributed by atoms with van der Waals surface area (Å²) in [6, 6.07) is 0. The van der Waals surface area contributed by atoms with Gasteiger partial charge in [-0.15, -0.1) is 0 Å². The maximum atomic E-state index is 9.06.